The first kappa shape index (κ1) is 15.8. The van der Waals surface area contributed by atoms with Crippen LogP contribution in [0, 0.1) is 0 Å². The van der Waals surface area contributed by atoms with Gasteiger partial charge in [0.15, 0.2) is 5.17 Å². The van der Waals surface area contributed by atoms with Gasteiger partial charge in [0.25, 0.3) is 0 Å². The van der Waals surface area contributed by atoms with E-state index in [1.165, 1.54) is 5.56 Å². The van der Waals surface area contributed by atoms with Gasteiger partial charge in [-0.1, -0.05) is 67.2 Å². The fourth-order valence-electron chi connectivity index (χ4n) is 2.65. The Morgan fingerprint density at radius 1 is 1.09 bits per heavy atom. The molecule has 0 N–H and O–H groups in total. The zero-order chi connectivity index (χ0) is 16.1. The van der Waals surface area contributed by atoms with E-state index >= 15 is 0 Å². The Labute approximate surface area is 141 Å². The normalized spacial score (nSPS) is 17.7. The molecule has 0 spiro atoms. The van der Waals surface area contributed by atoms with Gasteiger partial charge >= 0.3 is 0 Å². The minimum absolute atomic E-state index is 0.0374. The zero-order valence-electron chi connectivity index (χ0n) is 13.2. The van der Waals surface area contributed by atoms with Crippen LogP contribution in [0.5, 0.6) is 0 Å². The van der Waals surface area contributed by atoms with Crippen LogP contribution in [0.2, 0.25) is 0 Å². The third-order valence-corrected chi connectivity index (χ3v) is 4.99. The molecule has 1 aliphatic rings. The van der Waals surface area contributed by atoms with Gasteiger partial charge in [-0.3, -0.25) is 4.79 Å². The maximum Gasteiger partial charge on any atom is 0.249 e. The topological polar surface area (TPSA) is 32.7 Å². The zero-order valence-corrected chi connectivity index (χ0v) is 14.0. The van der Waals surface area contributed by atoms with Crippen LogP contribution in [-0.4, -0.2) is 17.6 Å². The standard InChI is InChI=1S/C19H20N2OS/c1-2-13-21(16-11-7-4-8-12-16)19-20-18(22)14-17(23-19)15-9-5-3-6-10-15/h3-12,17H,2,13-14H2,1H3. The van der Waals surface area contributed by atoms with Gasteiger partial charge < -0.3 is 4.90 Å². The van der Waals surface area contributed by atoms with E-state index in [1.54, 1.807) is 11.8 Å². The molecule has 1 atom stereocenters. The van der Waals surface area contributed by atoms with Crippen LogP contribution < -0.4 is 4.90 Å². The maximum absolute atomic E-state index is 12.2. The summed E-state index contributed by atoms with van der Waals surface area (Å²) < 4.78 is 0. The molecule has 1 heterocycles. The number of thioether (sulfide) groups is 1. The molecule has 2 aromatic carbocycles. The summed E-state index contributed by atoms with van der Waals surface area (Å²) in [6.07, 6.45) is 1.46. The molecule has 1 amide bonds. The number of anilines is 1. The first-order valence-electron chi connectivity index (χ1n) is 7.93. The molecule has 1 unspecified atom stereocenters. The Balaban J connectivity index is 1.89. The monoisotopic (exact) mass is 324 g/mol. The van der Waals surface area contributed by atoms with Gasteiger partial charge in [0.05, 0.1) is 0 Å². The number of carbonyl (C=O) groups excluding carboxylic acids is 1. The molecule has 0 fully saturated rings. The van der Waals surface area contributed by atoms with Crippen molar-refractivity contribution in [2.24, 2.45) is 4.99 Å². The molecule has 3 nitrogen and oxygen atoms in total. The van der Waals surface area contributed by atoms with Crippen molar-refractivity contribution in [3.05, 3.63) is 66.2 Å². The second-order valence-corrected chi connectivity index (χ2v) is 6.67. The fourth-order valence-corrected chi connectivity index (χ4v) is 3.90. The predicted molar refractivity (Wildman–Crippen MR) is 97.9 cm³/mol. The molecule has 3 rings (SSSR count). The van der Waals surface area contributed by atoms with Crippen LogP contribution in [0.25, 0.3) is 0 Å². The summed E-state index contributed by atoms with van der Waals surface area (Å²) in [4.78, 5) is 18.6. The molecule has 0 saturated heterocycles. The summed E-state index contributed by atoms with van der Waals surface area (Å²) in [5.74, 6) is -0.0374. The molecule has 0 bridgehead atoms. The lowest BCUT2D eigenvalue weighted by Gasteiger charge is -2.30. The first-order chi connectivity index (χ1) is 11.3. The summed E-state index contributed by atoms with van der Waals surface area (Å²) in [6.45, 7) is 2.99. The minimum Gasteiger partial charge on any atom is -0.321 e. The molecule has 2 aromatic rings. The van der Waals surface area contributed by atoms with Crippen LogP contribution in [0.3, 0.4) is 0 Å². The highest BCUT2D eigenvalue weighted by Gasteiger charge is 2.27. The van der Waals surface area contributed by atoms with Gasteiger partial charge in [-0.05, 0) is 24.1 Å². The molecule has 118 valence electrons. The maximum atomic E-state index is 12.2. The van der Waals surface area contributed by atoms with Crippen molar-refractivity contribution in [2.45, 2.75) is 25.0 Å². The molecule has 0 saturated carbocycles. The van der Waals surface area contributed by atoms with Crippen molar-refractivity contribution in [3.63, 3.8) is 0 Å². The van der Waals surface area contributed by atoms with E-state index in [4.69, 9.17) is 0 Å². The van der Waals surface area contributed by atoms with Crippen molar-refractivity contribution >= 4 is 28.5 Å². The smallest absolute Gasteiger partial charge is 0.249 e. The largest absolute Gasteiger partial charge is 0.321 e. The average Bonchev–Trinajstić information content (AvgIpc) is 2.60. The van der Waals surface area contributed by atoms with Gasteiger partial charge in [0, 0.05) is 23.9 Å². The highest BCUT2D eigenvalue weighted by Crippen LogP contribution is 2.38. The number of para-hydroxylation sites is 1. The lowest BCUT2D eigenvalue weighted by Crippen LogP contribution is -2.33. The Hall–Kier alpha value is -2.07. The highest BCUT2D eigenvalue weighted by molar-refractivity contribution is 8.14. The number of nitrogens with zero attached hydrogens (tertiary/aromatic N) is 2. The third-order valence-electron chi connectivity index (χ3n) is 3.75. The van der Waals surface area contributed by atoms with Gasteiger partial charge in [-0.2, -0.15) is 4.99 Å². The second-order valence-electron chi connectivity index (χ2n) is 5.50. The van der Waals surface area contributed by atoms with Crippen molar-refractivity contribution in [1.29, 1.82) is 0 Å². The number of hydrogen-bond donors (Lipinski definition) is 0. The van der Waals surface area contributed by atoms with E-state index in [-0.39, 0.29) is 11.2 Å². The molecule has 0 aromatic heterocycles. The van der Waals surface area contributed by atoms with E-state index in [0.29, 0.717) is 6.42 Å². The summed E-state index contributed by atoms with van der Waals surface area (Å²) >= 11 is 1.69. The lowest BCUT2D eigenvalue weighted by atomic mass is 10.1. The molecule has 23 heavy (non-hydrogen) atoms. The van der Waals surface area contributed by atoms with Crippen LogP contribution in [0.15, 0.2) is 65.7 Å². The summed E-state index contributed by atoms with van der Waals surface area (Å²) in [5, 5.41) is 0.947. The Morgan fingerprint density at radius 3 is 2.39 bits per heavy atom. The number of carbonyl (C=O) groups is 1. The fraction of sp³-hybridized carbons (Fsp3) is 0.263. The number of benzene rings is 2. The van der Waals surface area contributed by atoms with Crippen LogP contribution in [-0.2, 0) is 4.79 Å². The number of amides is 1. The van der Waals surface area contributed by atoms with Crippen molar-refractivity contribution < 1.29 is 4.79 Å². The average molecular weight is 324 g/mol. The first-order valence-corrected chi connectivity index (χ1v) is 8.81. The molecule has 0 aliphatic carbocycles. The molecule has 1 aliphatic heterocycles. The molecular weight excluding hydrogens is 304 g/mol. The van der Waals surface area contributed by atoms with Gasteiger partial charge in [0.1, 0.15) is 0 Å². The molecule has 0 radical (unpaired) electrons. The predicted octanol–water partition coefficient (Wildman–Crippen LogP) is 4.66. The van der Waals surface area contributed by atoms with Gasteiger partial charge in [-0.15, -0.1) is 0 Å². The Kier molecular flexibility index (Phi) is 5.13. The Morgan fingerprint density at radius 2 is 1.74 bits per heavy atom. The van der Waals surface area contributed by atoms with Crippen LogP contribution in [0.1, 0.15) is 30.6 Å². The SMILES string of the molecule is CCCN(C1=NC(=O)CC(c2ccccc2)S1)c1ccccc1. The number of hydrogen-bond acceptors (Lipinski definition) is 3. The Bertz CT molecular complexity index is 685. The van der Waals surface area contributed by atoms with Crippen LogP contribution in [0.4, 0.5) is 5.69 Å². The minimum atomic E-state index is -0.0374. The summed E-state index contributed by atoms with van der Waals surface area (Å²) in [5.41, 5.74) is 2.27. The molecular formula is C19H20N2OS. The summed E-state index contributed by atoms with van der Waals surface area (Å²) in [6, 6.07) is 20.4. The van der Waals surface area contributed by atoms with Crippen LogP contribution >= 0.6 is 11.8 Å². The second kappa shape index (κ2) is 7.47. The highest BCUT2D eigenvalue weighted by atomic mass is 32.2. The van der Waals surface area contributed by atoms with Gasteiger partial charge in [0.2, 0.25) is 5.91 Å². The quantitative estimate of drug-likeness (QED) is 0.819. The van der Waals surface area contributed by atoms with Gasteiger partial charge in [-0.25, -0.2) is 0 Å². The number of amidine groups is 1. The molecule has 4 heteroatoms. The van der Waals surface area contributed by atoms with Crippen molar-refractivity contribution in [3.8, 4) is 0 Å². The lowest BCUT2D eigenvalue weighted by molar-refractivity contribution is -0.117. The van der Waals surface area contributed by atoms with E-state index < -0.39 is 0 Å². The van der Waals surface area contributed by atoms with Crippen molar-refractivity contribution in [2.75, 3.05) is 11.4 Å². The number of rotatable bonds is 4. The van der Waals surface area contributed by atoms with E-state index in [9.17, 15) is 4.79 Å². The van der Waals surface area contributed by atoms with E-state index in [1.807, 2.05) is 36.4 Å². The van der Waals surface area contributed by atoms with E-state index in [2.05, 4.69) is 41.1 Å². The summed E-state index contributed by atoms with van der Waals surface area (Å²) in [7, 11) is 0. The van der Waals surface area contributed by atoms with Crippen molar-refractivity contribution in [1.82, 2.24) is 0 Å². The third kappa shape index (κ3) is 3.82. The van der Waals surface area contributed by atoms with E-state index in [0.717, 1.165) is 23.8 Å². The number of aliphatic imine (C=N–C) groups is 1.